The highest BCUT2D eigenvalue weighted by Gasteiger charge is 2.25. The van der Waals surface area contributed by atoms with E-state index in [0.717, 1.165) is 28.6 Å². The standard InChI is InChI=1S/C20H23N3O2S/c1-13(2)18(19(25)23-20-21-9-10-26-20)22-17(24)12-14-7-8-15-5-3-4-6-16(15)11-14/h3-8,11,13,18H,9-10,12H2,1-2H3,(H,22,24)(H,21,23,25)/t18-/m0/s1. The molecular weight excluding hydrogens is 346 g/mol. The van der Waals surface area contributed by atoms with Crippen molar-refractivity contribution in [3.63, 3.8) is 0 Å². The maximum absolute atomic E-state index is 12.5. The van der Waals surface area contributed by atoms with E-state index in [4.69, 9.17) is 0 Å². The van der Waals surface area contributed by atoms with Crippen molar-refractivity contribution in [3.8, 4) is 0 Å². The molecule has 0 unspecified atom stereocenters. The molecular formula is C20H23N3O2S. The van der Waals surface area contributed by atoms with Crippen molar-refractivity contribution in [2.45, 2.75) is 26.3 Å². The molecule has 0 radical (unpaired) electrons. The van der Waals surface area contributed by atoms with Gasteiger partial charge in [-0.3, -0.25) is 14.6 Å². The van der Waals surface area contributed by atoms with Gasteiger partial charge in [0.05, 0.1) is 13.0 Å². The lowest BCUT2D eigenvalue weighted by molar-refractivity contribution is -0.128. The van der Waals surface area contributed by atoms with E-state index >= 15 is 0 Å². The van der Waals surface area contributed by atoms with Gasteiger partial charge in [0.1, 0.15) is 6.04 Å². The minimum Gasteiger partial charge on any atom is -0.344 e. The van der Waals surface area contributed by atoms with Crippen LogP contribution in [0.2, 0.25) is 0 Å². The highest BCUT2D eigenvalue weighted by atomic mass is 32.2. The number of hydrogen-bond acceptors (Lipinski definition) is 4. The fourth-order valence-corrected chi connectivity index (χ4v) is 3.62. The zero-order valence-electron chi connectivity index (χ0n) is 15.0. The molecule has 26 heavy (non-hydrogen) atoms. The van der Waals surface area contributed by atoms with Crippen LogP contribution in [0.3, 0.4) is 0 Å². The number of carbonyl (C=O) groups is 2. The molecule has 0 spiro atoms. The van der Waals surface area contributed by atoms with Crippen LogP contribution in [0.15, 0.2) is 47.5 Å². The number of fused-ring (bicyclic) bond motifs is 1. The molecule has 1 atom stereocenters. The van der Waals surface area contributed by atoms with Gasteiger partial charge in [-0.2, -0.15) is 0 Å². The number of rotatable bonds is 5. The van der Waals surface area contributed by atoms with Crippen molar-refractivity contribution in [1.82, 2.24) is 10.6 Å². The minimum absolute atomic E-state index is 0.0115. The monoisotopic (exact) mass is 369 g/mol. The highest BCUT2D eigenvalue weighted by Crippen LogP contribution is 2.16. The number of amidine groups is 1. The van der Waals surface area contributed by atoms with Crippen LogP contribution < -0.4 is 10.6 Å². The topological polar surface area (TPSA) is 70.6 Å². The van der Waals surface area contributed by atoms with Crippen molar-refractivity contribution in [3.05, 3.63) is 48.0 Å². The van der Waals surface area contributed by atoms with E-state index in [-0.39, 0.29) is 24.2 Å². The first-order chi connectivity index (χ1) is 12.5. The smallest absolute Gasteiger partial charge is 0.248 e. The van der Waals surface area contributed by atoms with Crippen molar-refractivity contribution in [1.29, 1.82) is 0 Å². The van der Waals surface area contributed by atoms with Crippen LogP contribution in [0.4, 0.5) is 0 Å². The number of aliphatic imine (C=N–C) groups is 1. The molecule has 0 saturated heterocycles. The summed E-state index contributed by atoms with van der Waals surface area (Å²) >= 11 is 1.53. The predicted molar refractivity (Wildman–Crippen MR) is 107 cm³/mol. The van der Waals surface area contributed by atoms with E-state index in [1.54, 1.807) is 0 Å². The van der Waals surface area contributed by atoms with Crippen molar-refractivity contribution in [2.24, 2.45) is 10.9 Å². The average molecular weight is 369 g/mol. The Hall–Kier alpha value is -2.34. The van der Waals surface area contributed by atoms with Crippen LogP contribution in [0.5, 0.6) is 0 Å². The maximum atomic E-state index is 12.5. The molecule has 1 aliphatic rings. The lowest BCUT2D eigenvalue weighted by Crippen LogP contribution is -2.50. The third-order valence-electron chi connectivity index (χ3n) is 4.26. The van der Waals surface area contributed by atoms with Crippen molar-refractivity contribution < 1.29 is 9.59 Å². The van der Waals surface area contributed by atoms with Crippen LogP contribution in [-0.4, -0.2) is 35.3 Å². The molecule has 2 aromatic rings. The number of nitrogens with zero attached hydrogens (tertiary/aromatic N) is 1. The van der Waals surface area contributed by atoms with E-state index in [1.165, 1.54) is 11.8 Å². The van der Waals surface area contributed by atoms with Gasteiger partial charge in [-0.25, -0.2) is 0 Å². The lowest BCUT2D eigenvalue weighted by Gasteiger charge is -2.21. The number of hydrogen-bond donors (Lipinski definition) is 2. The van der Waals surface area contributed by atoms with Gasteiger partial charge in [0.25, 0.3) is 0 Å². The molecule has 0 aromatic heterocycles. The maximum Gasteiger partial charge on any atom is 0.248 e. The SMILES string of the molecule is CC(C)[C@H](NC(=O)Cc1ccc2ccccc2c1)C(=O)NC1=NCCS1. The predicted octanol–water partition coefficient (Wildman–Crippen LogP) is 2.74. The van der Waals surface area contributed by atoms with Gasteiger partial charge in [-0.1, -0.05) is 68.1 Å². The normalized spacial score (nSPS) is 15.0. The third kappa shape index (κ3) is 4.64. The first kappa shape index (κ1) is 18.5. The van der Waals surface area contributed by atoms with E-state index in [9.17, 15) is 9.59 Å². The van der Waals surface area contributed by atoms with Gasteiger partial charge >= 0.3 is 0 Å². The summed E-state index contributed by atoms with van der Waals surface area (Å²) in [6, 6.07) is 13.5. The number of benzene rings is 2. The van der Waals surface area contributed by atoms with Gasteiger partial charge in [0.2, 0.25) is 11.8 Å². The Morgan fingerprint density at radius 1 is 1.15 bits per heavy atom. The summed E-state index contributed by atoms with van der Waals surface area (Å²) in [6.07, 6.45) is 0.247. The molecule has 6 heteroatoms. The summed E-state index contributed by atoms with van der Waals surface area (Å²) in [5.41, 5.74) is 0.930. The summed E-state index contributed by atoms with van der Waals surface area (Å²) in [6.45, 7) is 4.56. The van der Waals surface area contributed by atoms with E-state index in [2.05, 4.69) is 15.6 Å². The molecule has 1 aliphatic heterocycles. The Morgan fingerprint density at radius 3 is 2.62 bits per heavy atom. The molecule has 5 nitrogen and oxygen atoms in total. The Kier molecular flexibility index (Phi) is 5.93. The molecule has 2 N–H and O–H groups in total. The Balaban J connectivity index is 1.64. The minimum atomic E-state index is -0.577. The van der Waals surface area contributed by atoms with Crippen molar-refractivity contribution in [2.75, 3.05) is 12.3 Å². The fraction of sp³-hybridized carbons (Fsp3) is 0.350. The van der Waals surface area contributed by atoms with Gasteiger partial charge in [0.15, 0.2) is 5.17 Å². The molecule has 2 amide bonds. The summed E-state index contributed by atoms with van der Waals surface area (Å²) < 4.78 is 0. The summed E-state index contributed by atoms with van der Waals surface area (Å²) in [4.78, 5) is 29.2. The number of carbonyl (C=O) groups excluding carboxylic acids is 2. The van der Waals surface area contributed by atoms with E-state index in [1.807, 2.05) is 56.3 Å². The first-order valence-corrected chi connectivity index (χ1v) is 9.76. The molecule has 2 aromatic carbocycles. The van der Waals surface area contributed by atoms with E-state index in [0.29, 0.717) is 5.17 Å². The molecule has 136 valence electrons. The molecule has 0 bridgehead atoms. The van der Waals surface area contributed by atoms with Crippen LogP contribution in [0.25, 0.3) is 10.8 Å². The summed E-state index contributed by atoms with van der Waals surface area (Å²) in [5, 5.41) is 8.58. The molecule has 0 fully saturated rings. The average Bonchev–Trinajstić information content (AvgIpc) is 3.12. The second kappa shape index (κ2) is 8.36. The molecule has 0 aliphatic carbocycles. The van der Waals surface area contributed by atoms with Crippen LogP contribution >= 0.6 is 11.8 Å². The van der Waals surface area contributed by atoms with Crippen molar-refractivity contribution >= 4 is 39.5 Å². The van der Waals surface area contributed by atoms with Gasteiger partial charge in [-0.15, -0.1) is 0 Å². The van der Waals surface area contributed by atoms with Gasteiger partial charge in [0, 0.05) is 5.75 Å². The van der Waals surface area contributed by atoms with Gasteiger partial charge < -0.3 is 10.6 Å². The molecule has 3 rings (SSSR count). The molecule has 1 heterocycles. The molecule has 0 saturated carbocycles. The zero-order valence-corrected chi connectivity index (χ0v) is 15.8. The summed E-state index contributed by atoms with van der Waals surface area (Å²) in [5.74, 6) is 0.508. The largest absolute Gasteiger partial charge is 0.344 e. The number of thioether (sulfide) groups is 1. The fourth-order valence-electron chi connectivity index (χ4n) is 2.89. The second-order valence-electron chi connectivity index (χ2n) is 6.67. The zero-order chi connectivity index (χ0) is 18.5. The Bertz CT molecular complexity index is 848. The quantitative estimate of drug-likeness (QED) is 0.851. The third-order valence-corrected chi connectivity index (χ3v) is 5.15. The summed E-state index contributed by atoms with van der Waals surface area (Å²) in [7, 11) is 0. The highest BCUT2D eigenvalue weighted by molar-refractivity contribution is 8.14. The van der Waals surface area contributed by atoms with Crippen LogP contribution in [0.1, 0.15) is 19.4 Å². The number of amides is 2. The first-order valence-electron chi connectivity index (χ1n) is 8.78. The Morgan fingerprint density at radius 2 is 1.92 bits per heavy atom. The van der Waals surface area contributed by atoms with E-state index < -0.39 is 6.04 Å². The Labute approximate surface area is 157 Å². The number of nitrogens with one attached hydrogen (secondary N) is 2. The second-order valence-corrected chi connectivity index (χ2v) is 7.76. The van der Waals surface area contributed by atoms with Crippen LogP contribution in [-0.2, 0) is 16.0 Å². The van der Waals surface area contributed by atoms with Gasteiger partial charge in [-0.05, 0) is 22.3 Å². The van der Waals surface area contributed by atoms with Crippen LogP contribution in [0, 0.1) is 5.92 Å². The lowest BCUT2D eigenvalue weighted by atomic mass is 10.0.